The fourth-order valence-electron chi connectivity index (χ4n) is 3.92. The van der Waals surface area contributed by atoms with Crippen LogP contribution in [0.3, 0.4) is 0 Å². The lowest BCUT2D eigenvalue weighted by Gasteiger charge is -2.34. The van der Waals surface area contributed by atoms with Crippen molar-refractivity contribution in [3.63, 3.8) is 0 Å². The molecule has 2 aromatic rings. The SMILES string of the molecule is [C-]#[N+]c1cc(NC(=O)N2Cc3c(nn4c3C(=O)N(C)C(CF)C4)CC2C)ccc1F. The van der Waals surface area contributed by atoms with Gasteiger partial charge in [0.15, 0.2) is 0 Å². The van der Waals surface area contributed by atoms with Gasteiger partial charge in [0.1, 0.15) is 18.2 Å². The smallest absolute Gasteiger partial charge is 0.322 e. The summed E-state index contributed by atoms with van der Waals surface area (Å²) < 4.78 is 28.3. The van der Waals surface area contributed by atoms with Crippen LogP contribution in [0.5, 0.6) is 0 Å². The number of carbonyl (C=O) groups excluding carboxylic acids is 2. The molecule has 8 nitrogen and oxygen atoms in total. The summed E-state index contributed by atoms with van der Waals surface area (Å²) in [4.78, 5) is 31.7. The van der Waals surface area contributed by atoms with E-state index in [4.69, 9.17) is 6.57 Å². The Hall–Kier alpha value is -3.48. The minimum atomic E-state index is -0.653. The first-order chi connectivity index (χ1) is 14.3. The van der Waals surface area contributed by atoms with Crippen LogP contribution in [0, 0.1) is 12.4 Å². The third-order valence-electron chi connectivity index (χ3n) is 5.69. The Labute approximate surface area is 171 Å². The Morgan fingerprint density at radius 3 is 2.90 bits per heavy atom. The van der Waals surface area contributed by atoms with Gasteiger partial charge in [-0.25, -0.2) is 18.4 Å². The average Bonchev–Trinajstić information content (AvgIpc) is 3.08. The van der Waals surface area contributed by atoms with Crippen molar-refractivity contribution in [2.45, 2.75) is 38.5 Å². The summed E-state index contributed by atoms with van der Waals surface area (Å²) in [6.07, 6.45) is 0.455. The predicted molar refractivity (Wildman–Crippen MR) is 104 cm³/mol. The standard InChI is InChI=1S/C20H20F2N6O2/c1-11-6-16-14(18-19(29)26(3)13(8-21)9-28(18)25-16)10-27(11)20(30)24-12-4-5-15(22)17(7-12)23-2/h4-5,7,11,13H,6,8-10H2,1,3H3,(H,24,30). The molecule has 0 radical (unpaired) electrons. The van der Waals surface area contributed by atoms with Gasteiger partial charge in [0.25, 0.3) is 5.91 Å². The number of fused-ring (bicyclic) bond motifs is 3. The Bertz CT molecular complexity index is 1080. The van der Waals surface area contributed by atoms with Gasteiger partial charge in [0.2, 0.25) is 5.69 Å². The minimum absolute atomic E-state index is 0.175. The summed E-state index contributed by atoms with van der Waals surface area (Å²) in [6, 6.07) is 2.62. The maximum Gasteiger partial charge on any atom is 0.322 e. The maximum atomic E-state index is 13.5. The number of amides is 3. The van der Waals surface area contributed by atoms with Crippen molar-refractivity contribution in [1.29, 1.82) is 0 Å². The predicted octanol–water partition coefficient (Wildman–Crippen LogP) is 2.98. The van der Waals surface area contributed by atoms with Gasteiger partial charge < -0.3 is 15.1 Å². The van der Waals surface area contributed by atoms with Gasteiger partial charge in [-0.15, -0.1) is 0 Å². The molecule has 1 aromatic carbocycles. The van der Waals surface area contributed by atoms with Crippen LogP contribution < -0.4 is 5.32 Å². The van der Waals surface area contributed by atoms with E-state index < -0.39 is 24.6 Å². The molecule has 4 rings (SSSR count). The fraction of sp³-hybridized carbons (Fsp3) is 0.400. The van der Waals surface area contributed by atoms with Crippen LogP contribution in [0.1, 0.15) is 28.7 Å². The number of nitrogens with one attached hydrogen (secondary N) is 1. The van der Waals surface area contributed by atoms with Crippen molar-refractivity contribution >= 4 is 23.3 Å². The number of aromatic nitrogens is 2. The Kier molecular flexibility index (Phi) is 4.89. The zero-order chi connectivity index (χ0) is 21.6. The molecule has 3 amide bonds. The second-order valence-electron chi connectivity index (χ2n) is 7.57. The van der Waals surface area contributed by atoms with Crippen molar-refractivity contribution in [3.8, 4) is 0 Å². The first-order valence-electron chi connectivity index (χ1n) is 9.50. The highest BCUT2D eigenvalue weighted by atomic mass is 19.1. The Balaban J connectivity index is 1.60. The molecule has 2 unspecified atom stereocenters. The molecule has 1 aromatic heterocycles. The summed E-state index contributed by atoms with van der Waals surface area (Å²) in [5, 5.41) is 7.19. The van der Waals surface area contributed by atoms with E-state index >= 15 is 0 Å². The molecule has 156 valence electrons. The average molecular weight is 414 g/mol. The molecule has 0 saturated carbocycles. The first kappa shape index (κ1) is 19.8. The molecular weight excluding hydrogens is 394 g/mol. The lowest BCUT2D eigenvalue weighted by atomic mass is 9.98. The van der Waals surface area contributed by atoms with E-state index in [0.717, 1.165) is 11.8 Å². The number of urea groups is 1. The van der Waals surface area contributed by atoms with Gasteiger partial charge in [0.05, 0.1) is 31.4 Å². The highest BCUT2D eigenvalue weighted by molar-refractivity contribution is 5.96. The zero-order valence-electron chi connectivity index (χ0n) is 16.5. The van der Waals surface area contributed by atoms with Crippen LogP contribution in [0.25, 0.3) is 4.85 Å². The molecule has 1 N–H and O–H groups in total. The molecule has 3 heterocycles. The van der Waals surface area contributed by atoms with E-state index in [1.807, 2.05) is 6.92 Å². The number of hydrogen-bond acceptors (Lipinski definition) is 3. The van der Waals surface area contributed by atoms with E-state index in [-0.39, 0.29) is 30.7 Å². The van der Waals surface area contributed by atoms with Gasteiger partial charge in [-0.3, -0.25) is 9.48 Å². The molecule has 10 heteroatoms. The molecule has 0 spiro atoms. The van der Waals surface area contributed by atoms with E-state index in [9.17, 15) is 18.4 Å². The number of halogens is 2. The Morgan fingerprint density at radius 2 is 2.20 bits per heavy atom. The van der Waals surface area contributed by atoms with E-state index in [1.165, 1.54) is 17.0 Å². The van der Waals surface area contributed by atoms with Crippen molar-refractivity contribution < 1.29 is 18.4 Å². The topological polar surface area (TPSA) is 74.8 Å². The number of benzene rings is 1. The van der Waals surface area contributed by atoms with Gasteiger partial charge in [-0.2, -0.15) is 5.10 Å². The first-order valence-corrected chi connectivity index (χ1v) is 9.50. The minimum Gasteiger partial charge on any atom is -0.333 e. The van der Waals surface area contributed by atoms with E-state index in [0.29, 0.717) is 23.4 Å². The quantitative estimate of drug-likeness (QED) is 0.768. The number of rotatable bonds is 2. The molecule has 30 heavy (non-hydrogen) atoms. The largest absolute Gasteiger partial charge is 0.333 e. The number of alkyl halides is 1. The van der Waals surface area contributed by atoms with Crippen molar-refractivity contribution in [2.24, 2.45) is 0 Å². The van der Waals surface area contributed by atoms with Crippen molar-refractivity contribution in [1.82, 2.24) is 19.6 Å². The van der Waals surface area contributed by atoms with Crippen LogP contribution >= 0.6 is 0 Å². The lowest BCUT2D eigenvalue weighted by molar-refractivity contribution is 0.0609. The number of anilines is 1. The van der Waals surface area contributed by atoms with Crippen LogP contribution in [0.15, 0.2) is 18.2 Å². The molecule has 2 aliphatic rings. The summed E-state index contributed by atoms with van der Waals surface area (Å²) in [5.74, 6) is -0.965. The normalized spacial score (nSPS) is 20.4. The lowest BCUT2D eigenvalue weighted by Crippen LogP contribution is -2.48. The number of likely N-dealkylation sites (N-methyl/N-ethyl adjacent to an activating group) is 1. The molecule has 0 fully saturated rings. The van der Waals surface area contributed by atoms with Crippen LogP contribution in [-0.2, 0) is 19.5 Å². The second kappa shape index (κ2) is 7.40. The van der Waals surface area contributed by atoms with E-state index in [1.54, 1.807) is 16.6 Å². The molecule has 2 atom stereocenters. The van der Waals surface area contributed by atoms with E-state index in [2.05, 4.69) is 15.3 Å². The summed E-state index contributed by atoms with van der Waals surface area (Å²) in [6.45, 7) is 8.67. The molecule has 0 saturated heterocycles. The number of nitrogens with zero attached hydrogens (tertiary/aromatic N) is 5. The van der Waals surface area contributed by atoms with Gasteiger partial charge >= 0.3 is 6.03 Å². The highest BCUT2D eigenvalue weighted by Crippen LogP contribution is 2.30. The van der Waals surface area contributed by atoms with Crippen LogP contribution in [0.4, 0.5) is 25.0 Å². The molecule has 0 aliphatic carbocycles. The monoisotopic (exact) mass is 414 g/mol. The van der Waals surface area contributed by atoms with Gasteiger partial charge in [0, 0.05) is 30.8 Å². The Morgan fingerprint density at radius 1 is 1.43 bits per heavy atom. The maximum absolute atomic E-state index is 13.5. The van der Waals surface area contributed by atoms with Crippen LogP contribution in [0.2, 0.25) is 0 Å². The van der Waals surface area contributed by atoms with Crippen molar-refractivity contribution in [2.75, 3.05) is 19.0 Å². The molecule has 2 aliphatic heterocycles. The second-order valence-corrected chi connectivity index (χ2v) is 7.57. The summed E-state index contributed by atoms with van der Waals surface area (Å²) >= 11 is 0. The van der Waals surface area contributed by atoms with Crippen molar-refractivity contribution in [3.05, 3.63) is 52.4 Å². The number of carbonyl (C=O) groups is 2. The van der Waals surface area contributed by atoms with Gasteiger partial charge in [-0.1, -0.05) is 0 Å². The summed E-state index contributed by atoms with van der Waals surface area (Å²) in [7, 11) is 1.56. The number of hydrogen-bond donors (Lipinski definition) is 1. The third-order valence-corrected chi connectivity index (χ3v) is 5.69. The third kappa shape index (κ3) is 3.16. The summed E-state index contributed by atoms with van der Waals surface area (Å²) in [5.41, 5.74) is 1.92. The molecule has 0 bridgehead atoms. The van der Waals surface area contributed by atoms with Crippen LogP contribution in [-0.4, -0.2) is 57.3 Å². The fourth-order valence-corrected chi connectivity index (χ4v) is 3.92. The zero-order valence-corrected chi connectivity index (χ0v) is 16.5. The highest BCUT2D eigenvalue weighted by Gasteiger charge is 2.39. The molecular formula is C20H20F2N6O2. The van der Waals surface area contributed by atoms with Gasteiger partial charge in [-0.05, 0) is 25.1 Å².